The zero-order valence-corrected chi connectivity index (χ0v) is 15.2. The first-order valence-corrected chi connectivity index (χ1v) is 8.87. The zero-order chi connectivity index (χ0) is 19.5. The minimum absolute atomic E-state index is 0.109. The van der Waals surface area contributed by atoms with Crippen molar-refractivity contribution in [2.45, 2.75) is 13.5 Å². The number of hydrogen-bond acceptors (Lipinski definition) is 3. The summed E-state index contributed by atoms with van der Waals surface area (Å²) in [6, 6.07) is 21.2. The zero-order valence-electron chi connectivity index (χ0n) is 15.2. The molecule has 0 fully saturated rings. The number of benzene rings is 3. The van der Waals surface area contributed by atoms with E-state index in [-0.39, 0.29) is 18.1 Å². The van der Waals surface area contributed by atoms with Gasteiger partial charge < -0.3 is 14.5 Å². The molecule has 0 aliphatic carbocycles. The summed E-state index contributed by atoms with van der Waals surface area (Å²) >= 11 is 0. The molecule has 1 N–H and O–H groups in total. The molecule has 0 unspecified atom stereocenters. The van der Waals surface area contributed by atoms with Gasteiger partial charge in [-0.15, -0.1) is 0 Å². The maximum atomic E-state index is 14.1. The number of carbonyl (C=O) groups is 1. The van der Waals surface area contributed by atoms with E-state index in [2.05, 4.69) is 5.32 Å². The molecule has 3 aromatic carbocycles. The molecule has 0 saturated heterocycles. The molecule has 1 heterocycles. The van der Waals surface area contributed by atoms with E-state index < -0.39 is 11.7 Å². The minimum Gasteiger partial charge on any atom is -0.489 e. The van der Waals surface area contributed by atoms with E-state index >= 15 is 0 Å². The first kappa shape index (κ1) is 17.8. The molecule has 4 rings (SSSR count). The van der Waals surface area contributed by atoms with Crippen LogP contribution in [-0.2, 0) is 6.61 Å². The normalized spacial score (nSPS) is 10.8. The quantitative estimate of drug-likeness (QED) is 0.486. The molecule has 0 saturated carbocycles. The van der Waals surface area contributed by atoms with Crippen LogP contribution < -0.4 is 10.1 Å². The molecule has 0 spiro atoms. The monoisotopic (exact) mass is 375 g/mol. The first-order chi connectivity index (χ1) is 13.6. The predicted molar refractivity (Wildman–Crippen MR) is 106 cm³/mol. The fourth-order valence-electron chi connectivity index (χ4n) is 3.01. The Bertz CT molecular complexity index is 1140. The van der Waals surface area contributed by atoms with Crippen molar-refractivity contribution in [3.05, 3.63) is 95.5 Å². The summed E-state index contributed by atoms with van der Waals surface area (Å²) in [7, 11) is 0. The third-order valence-corrected chi connectivity index (χ3v) is 4.40. The topological polar surface area (TPSA) is 51.5 Å². The highest BCUT2D eigenvalue weighted by molar-refractivity contribution is 6.06. The number of furan rings is 1. The molecular weight excluding hydrogens is 357 g/mol. The average Bonchev–Trinajstić information content (AvgIpc) is 3.09. The number of aryl methyl sites for hydroxylation is 1. The maximum Gasteiger partial charge on any atom is 0.291 e. The van der Waals surface area contributed by atoms with Gasteiger partial charge in [0, 0.05) is 10.9 Å². The Hall–Kier alpha value is -3.60. The Morgan fingerprint density at radius 3 is 2.61 bits per heavy atom. The summed E-state index contributed by atoms with van der Waals surface area (Å²) in [6.45, 7) is 1.98. The van der Waals surface area contributed by atoms with Crippen molar-refractivity contribution < 1.29 is 18.3 Å². The van der Waals surface area contributed by atoms with Gasteiger partial charge in [0.1, 0.15) is 23.8 Å². The molecule has 0 aliphatic heterocycles. The Labute approximate surface area is 161 Å². The Morgan fingerprint density at radius 2 is 1.79 bits per heavy atom. The van der Waals surface area contributed by atoms with Crippen LogP contribution in [0.5, 0.6) is 5.75 Å². The number of fused-ring (bicyclic) bond motifs is 1. The minimum atomic E-state index is -0.521. The number of amides is 1. The van der Waals surface area contributed by atoms with E-state index in [1.807, 2.05) is 55.5 Å². The van der Waals surface area contributed by atoms with Gasteiger partial charge in [-0.25, -0.2) is 4.39 Å². The van der Waals surface area contributed by atoms with Gasteiger partial charge in [-0.1, -0.05) is 42.5 Å². The Balaban J connectivity index is 1.67. The second-order valence-corrected chi connectivity index (χ2v) is 6.45. The van der Waals surface area contributed by atoms with Crippen LogP contribution in [0.1, 0.15) is 21.7 Å². The van der Waals surface area contributed by atoms with Crippen LogP contribution >= 0.6 is 0 Å². The summed E-state index contributed by atoms with van der Waals surface area (Å²) in [5, 5.41) is 3.39. The fourth-order valence-corrected chi connectivity index (χ4v) is 3.01. The van der Waals surface area contributed by atoms with Crippen molar-refractivity contribution in [1.29, 1.82) is 0 Å². The lowest BCUT2D eigenvalue weighted by molar-refractivity contribution is 0.0995. The van der Waals surface area contributed by atoms with Gasteiger partial charge in [0.05, 0.1) is 5.69 Å². The van der Waals surface area contributed by atoms with Crippen molar-refractivity contribution >= 4 is 22.6 Å². The molecule has 0 radical (unpaired) electrons. The van der Waals surface area contributed by atoms with Crippen molar-refractivity contribution in [3.63, 3.8) is 0 Å². The van der Waals surface area contributed by atoms with Crippen LogP contribution in [0.4, 0.5) is 10.1 Å². The number of ether oxygens (including phenoxy) is 1. The average molecular weight is 375 g/mol. The van der Waals surface area contributed by atoms with Crippen LogP contribution in [0, 0.1) is 12.7 Å². The Morgan fingerprint density at radius 1 is 1.04 bits per heavy atom. The fraction of sp³-hybridized carbons (Fsp3) is 0.0870. The van der Waals surface area contributed by atoms with Gasteiger partial charge >= 0.3 is 0 Å². The van der Waals surface area contributed by atoms with Crippen molar-refractivity contribution in [1.82, 2.24) is 0 Å². The second-order valence-electron chi connectivity index (χ2n) is 6.45. The number of nitrogens with one attached hydrogen (secondary N) is 1. The van der Waals surface area contributed by atoms with Crippen LogP contribution in [0.15, 0.2) is 77.2 Å². The van der Waals surface area contributed by atoms with E-state index in [0.717, 1.165) is 10.9 Å². The first-order valence-electron chi connectivity index (χ1n) is 8.87. The molecule has 28 heavy (non-hydrogen) atoms. The second kappa shape index (κ2) is 7.56. The lowest BCUT2D eigenvalue weighted by Gasteiger charge is -2.09. The number of hydrogen-bond donors (Lipinski definition) is 1. The molecule has 0 bridgehead atoms. The summed E-state index contributed by atoms with van der Waals surface area (Å²) < 4.78 is 25.7. The lowest BCUT2D eigenvalue weighted by Crippen LogP contribution is -2.15. The van der Waals surface area contributed by atoms with E-state index in [9.17, 15) is 9.18 Å². The molecule has 0 atom stereocenters. The van der Waals surface area contributed by atoms with Gasteiger partial charge in [0.25, 0.3) is 5.91 Å². The molecule has 0 aliphatic rings. The van der Waals surface area contributed by atoms with Gasteiger partial charge in [-0.05, 0) is 42.8 Å². The van der Waals surface area contributed by atoms with Gasteiger partial charge in [-0.2, -0.15) is 0 Å². The number of halogens is 1. The highest BCUT2D eigenvalue weighted by Crippen LogP contribution is 2.28. The van der Waals surface area contributed by atoms with Crippen LogP contribution in [0.3, 0.4) is 0 Å². The van der Waals surface area contributed by atoms with Gasteiger partial charge in [0.15, 0.2) is 5.76 Å². The molecule has 4 nitrogen and oxygen atoms in total. The number of anilines is 1. The molecule has 4 aromatic rings. The SMILES string of the molecule is Cc1ccc(F)c(NC(=O)c2oc3ccccc3c2COc2ccccc2)c1. The van der Waals surface area contributed by atoms with Crippen LogP contribution in [0.25, 0.3) is 11.0 Å². The molecular formula is C23H18FNO3. The highest BCUT2D eigenvalue weighted by atomic mass is 19.1. The van der Waals surface area contributed by atoms with E-state index in [4.69, 9.17) is 9.15 Å². The summed E-state index contributed by atoms with van der Waals surface area (Å²) in [5.41, 5.74) is 2.14. The number of carbonyl (C=O) groups excluding carboxylic acids is 1. The maximum absolute atomic E-state index is 14.1. The van der Waals surface area contributed by atoms with Gasteiger partial charge in [-0.3, -0.25) is 4.79 Å². The molecule has 1 amide bonds. The highest BCUT2D eigenvalue weighted by Gasteiger charge is 2.22. The van der Waals surface area contributed by atoms with Crippen molar-refractivity contribution in [2.24, 2.45) is 0 Å². The Kier molecular flexibility index (Phi) is 4.81. The van der Waals surface area contributed by atoms with E-state index in [1.165, 1.54) is 6.07 Å². The van der Waals surface area contributed by atoms with Gasteiger partial charge in [0.2, 0.25) is 0 Å². The third-order valence-electron chi connectivity index (χ3n) is 4.40. The van der Waals surface area contributed by atoms with E-state index in [0.29, 0.717) is 16.9 Å². The smallest absolute Gasteiger partial charge is 0.291 e. The molecule has 140 valence electrons. The summed E-state index contributed by atoms with van der Waals surface area (Å²) in [4.78, 5) is 12.9. The van der Waals surface area contributed by atoms with Crippen molar-refractivity contribution in [3.8, 4) is 5.75 Å². The van der Waals surface area contributed by atoms with E-state index in [1.54, 1.807) is 18.2 Å². The summed E-state index contributed by atoms with van der Waals surface area (Å²) in [6.07, 6.45) is 0. The number of rotatable bonds is 5. The molecule has 5 heteroatoms. The van der Waals surface area contributed by atoms with Crippen LogP contribution in [0.2, 0.25) is 0 Å². The standard InChI is InChI=1S/C23H18FNO3/c1-15-11-12-19(24)20(13-15)25-23(26)22-18(14-27-16-7-3-2-4-8-16)17-9-5-6-10-21(17)28-22/h2-13H,14H2,1H3,(H,25,26). The predicted octanol–water partition coefficient (Wildman–Crippen LogP) is 5.71. The molecule has 1 aromatic heterocycles. The number of para-hydroxylation sites is 2. The lowest BCUT2D eigenvalue weighted by atomic mass is 10.1. The van der Waals surface area contributed by atoms with Crippen molar-refractivity contribution in [2.75, 3.05) is 5.32 Å². The largest absolute Gasteiger partial charge is 0.489 e. The van der Waals surface area contributed by atoms with Crippen LogP contribution in [-0.4, -0.2) is 5.91 Å². The third kappa shape index (κ3) is 3.60. The summed E-state index contributed by atoms with van der Waals surface area (Å²) in [5.74, 6) is -0.230.